The van der Waals surface area contributed by atoms with Crippen molar-refractivity contribution < 1.29 is 9.53 Å². The number of rotatable bonds is 5. The van der Waals surface area contributed by atoms with Gasteiger partial charge in [-0.25, -0.2) is 0 Å². The lowest BCUT2D eigenvalue weighted by Crippen LogP contribution is -1.97. The van der Waals surface area contributed by atoms with Crippen molar-refractivity contribution in [2.75, 3.05) is 7.11 Å². The molecule has 2 aromatic heterocycles. The van der Waals surface area contributed by atoms with Crippen LogP contribution >= 0.6 is 11.6 Å². The molecule has 0 spiro atoms. The molecule has 28 heavy (non-hydrogen) atoms. The predicted molar refractivity (Wildman–Crippen MR) is 112 cm³/mol. The summed E-state index contributed by atoms with van der Waals surface area (Å²) in [5.74, 6) is 0.636. The number of ketones is 1. The summed E-state index contributed by atoms with van der Waals surface area (Å²) < 4.78 is 5.26. The fourth-order valence-corrected chi connectivity index (χ4v) is 3.96. The molecular weight excluding hydrogens is 374 g/mol. The number of carbonyl (C=O) groups excluding carboxylic acids is 1. The maximum absolute atomic E-state index is 12.5. The molecule has 0 atom stereocenters. The van der Waals surface area contributed by atoms with Gasteiger partial charge in [-0.05, 0) is 36.2 Å². The Labute approximate surface area is 167 Å². The smallest absolute Gasteiger partial charge is 0.176 e. The average molecular weight is 394 g/mol. The minimum atomic E-state index is -0.0396. The highest BCUT2D eigenvalue weighted by atomic mass is 35.5. The van der Waals surface area contributed by atoms with E-state index in [2.05, 4.69) is 22.1 Å². The zero-order valence-electron chi connectivity index (χ0n) is 15.9. The van der Waals surface area contributed by atoms with Crippen LogP contribution in [0.15, 0.2) is 42.6 Å². The van der Waals surface area contributed by atoms with Crippen LogP contribution in [-0.4, -0.2) is 28.1 Å². The number of ether oxygens (including phenoxy) is 1. The highest BCUT2D eigenvalue weighted by molar-refractivity contribution is 6.33. The molecule has 2 N–H and O–H groups in total. The molecule has 2 aromatic carbocycles. The summed E-state index contributed by atoms with van der Waals surface area (Å²) in [6, 6.07) is 11.5. The van der Waals surface area contributed by atoms with Crippen molar-refractivity contribution in [2.45, 2.75) is 20.3 Å². The van der Waals surface area contributed by atoms with Gasteiger partial charge in [0.25, 0.3) is 0 Å². The maximum atomic E-state index is 12.5. The lowest BCUT2D eigenvalue weighted by Gasteiger charge is -2.10. The normalized spacial score (nSPS) is 11.1. The minimum absolute atomic E-state index is 0.0396. The number of hydrogen-bond donors (Lipinski definition) is 2. The second kappa shape index (κ2) is 7.17. The summed E-state index contributed by atoms with van der Waals surface area (Å²) in [6.07, 6.45) is 2.55. The topological polar surface area (TPSA) is 70.8 Å². The number of Topliss-reactive ketones (excluding diaryl/α,β-unsaturated/α-hetero) is 1. The molecule has 5 nitrogen and oxygen atoms in total. The monoisotopic (exact) mass is 393 g/mol. The molecule has 0 saturated heterocycles. The molecule has 0 radical (unpaired) electrons. The van der Waals surface area contributed by atoms with Crippen LogP contribution in [0.3, 0.4) is 0 Å². The fourth-order valence-electron chi connectivity index (χ4n) is 3.70. The molecule has 0 amide bonds. The SMILES string of the molecule is CCc1c(-c2cccc3[nH]ncc23)[nH]c(C(C)=O)c1-c1ccc(OC)cc1Cl. The van der Waals surface area contributed by atoms with Gasteiger partial charge in [0.15, 0.2) is 5.78 Å². The van der Waals surface area contributed by atoms with Gasteiger partial charge in [0, 0.05) is 29.0 Å². The van der Waals surface area contributed by atoms with Gasteiger partial charge in [-0.1, -0.05) is 30.7 Å². The lowest BCUT2D eigenvalue weighted by molar-refractivity contribution is 0.101. The van der Waals surface area contributed by atoms with E-state index in [4.69, 9.17) is 16.3 Å². The zero-order chi connectivity index (χ0) is 19.8. The van der Waals surface area contributed by atoms with Crippen molar-refractivity contribution in [3.05, 3.63) is 58.9 Å². The summed E-state index contributed by atoms with van der Waals surface area (Å²) in [7, 11) is 1.60. The Kier molecular flexibility index (Phi) is 4.69. The third kappa shape index (κ3) is 2.88. The fraction of sp³-hybridized carbons (Fsp3) is 0.182. The van der Waals surface area contributed by atoms with Crippen LogP contribution in [0, 0.1) is 0 Å². The minimum Gasteiger partial charge on any atom is -0.497 e. The number of benzene rings is 2. The number of H-pyrrole nitrogens is 2. The van der Waals surface area contributed by atoms with Gasteiger partial charge >= 0.3 is 0 Å². The van der Waals surface area contributed by atoms with Crippen LogP contribution in [0.25, 0.3) is 33.3 Å². The van der Waals surface area contributed by atoms with E-state index >= 15 is 0 Å². The van der Waals surface area contributed by atoms with Gasteiger partial charge in [-0.2, -0.15) is 5.10 Å². The third-order valence-corrected chi connectivity index (χ3v) is 5.32. The maximum Gasteiger partial charge on any atom is 0.176 e. The van der Waals surface area contributed by atoms with Crippen molar-refractivity contribution in [3.63, 3.8) is 0 Å². The first-order valence-corrected chi connectivity index (χ1v) is 9.45. The molecule has 4 rings (SSSR count). The summed E-state index contributed by atoms with van der Waals surface area (Å²) >= 11 is 6.56. The molecule has 0 bridgehead atoms. The number of nitrogens with one attached hydrogen (secondary N) is 2. The highest BCUT2D eigenvalue weighted by Crippen LogP contribution is 2.41. The lowest BCUT2D eigenvalue weighted by atomic mass is 9.94. The van der Waals surface area contributed by atoms with E-state index in [1.165, 1.54) is 0 Å². The number of aromatic nitrogens is 3. The number of hydrogen-bond acceptors (Lipinski definition) is 3. The highest BCUT2D eigenvalue weighted by Gasteiger charge is 2.24. The van der Waals surface area contributed by atoms with E-state index in [1.807, 2.05) is 30.3 Å². The standard InChI is InChI=1S/C22H20ClN3O2/c1-4-14-20(16-9-8-13(28-3)10-18(16)23)21(12(2)27)25-22(14)15-6-5-7-19-17(15)11-24-26-19/h5-11,25H,4H2,1-3H3,(H,24,26). The number of fused-ring (bicyclic) bond motifs is 1. The first kappa shape index (κ1) is 18.3. The number of methoxy groups -OCH3 is 1. The zero-order valence-corrected chi connectivity index (χ0v) is 16.6. The van der Waals surface area contributed by atoms with Crippen LogP contribution in [0.1, 0.15) is 29.9 Å². The summed E-state index contributed by atoms with van der Waals surface area (Å²) in [6.45, 7) is 3.64. The van der Waals surface area contributed by atoms with Crippen LogP contribution in [-0.2, 0) is 6.42 Å². The Hall–Kier alpha value is -3.05. The molecule has 142 valence electrons. The van der Waals surface area contributed by atoms with E-state index in [1.54, 1.807) is 26.3 Å². The Morgan fingerprint density at radius 1 is 1.21 bits per heavy atom. The summed E-state index contributed by atoms with van der Waals surface area (Å²) in [5, 5.41) is 8.70. The van der Waals surface area contributed by atoms with E-state index < -0.39 is 0 Å². The molecular formula is C22H20ClN3O2. The van der Waals surface area contributed by atoms with Gasteiger partial charge < -0.3 is 9.72 Å². The molecule has 0 unspecified atom stereocenters. The van der Waals surface area contributed by atoms with Gasteiger partial charge in [-0.3, -0.25) is 9.89 Å². The quantitative estimate of drug-likeness (QED) is 0.430. The van der Waals surface area contributed by atoms with E-state index in [9.17, 15) is 4.79 Å². The molecule has 2 heterocycles. The van der Waals surface area contributed by atoms with Crippen LogP contribution < -0.4 is 4.74 Å². The third-order valence-electron chi connectivity index (χ3n) is 5.01. The van der Waals surface area contributed by atoms with E-state index in [-0.39, 0.29) is 5.78 Å². The van der Waals surface area contributed by atoms with Crippen molar-refractivity contribution in [1.29, 1.82) is 0 Å². The van der Waals surface area contributed by atoms with Gasteiger partial charge in [0.2, 0.25) is 0 Å². The first-order chi connectivity index (χ1) is 13.5. The molecule has 4 aromatic rings. The Bertz CT molecular complexity index is 1190. The van der Waals surface area contributed by atoms with Crippen molar-refractivity contribution in [3.8, 4) is 28.1 Å². The largest absolute Gasteiger partial charge is 0.497 e. The van der Waals surface area contributed by atoms with Gasteiger partial charge in [0.05, 0.1) is 35.2 Å². The Morgan fingerprint density at radius 3 is 2.71 bits per heavy atom. The molecule has 0 aliphatic heterocycles. The molecule has 0 aliphatic carbocycles. The molecule has 6 heteroatoms. The van der Waals surface area contributed by atoms with Crippen molar-refractivity contribution in [2.24, 2.45) is 0 Å². The summed E-state index contributed by atoms with van der Waals surface area (Å²) in [4.78, 5) is 15.9. The Morgan fingerprint density at radius 2 is 2.04 bits per heavy atom. The predicted octanol–water partition coefficient (Wildman–Crippen LogP) is 5.65. The van der Waals surface area contributed by atoms with Crippen LogP contribution in [0.5, 0.6) is 5.75 Å². The van der Waals surface area contributed by atoms with Gasteiger partial charge in [0.1, 0.15) is 5.75 Å². The van der Waals surface area contributed by atoms with Crippen LogP contribution in [0.4, 0.5) is 0 Å². The first-order valence-electron chi connectivity index (χ1n) is 9.07. The molecule has 0 fully saturated rings. The second-order valence-corrected chi connectivity index (χ2v) is 7.03. The van der Waals surface area contributed by atoms with Gasteiger partial charge in [-0.15, -0.1) is 0 Å². The number of nitrogens with zero attached hydrogens (tertiary/aromatic N) is 1. The molecule has 0 aliphatic rings. The molecule has 0 saturated carbocycles. The second-order valence-electron chi connectivity index (χ2n) is 6.62. The average Bonchev–Trinajstić information content (AvgIpc) is 3.32. The number of carbonyl (C=O) groups is 1. The van der Waals surface area contributed by atoms with Crippen molar-refractivity contribution in [1.82, 2.24) is 15.2 Å². The van der Waals surface area contributed by atoms with E-state index in [0.29, 0.717) is 16.5 Å². The van der Waals surface area contributed by atoms with Crippen LogP contribution in [0.2, 0.25) is 5.02 Å². The Balaban J connectivity index is 2.02. The van der Waals surface area contributed by atoms with E-state index in [0.717, 1.165) is 45.3 Å². The van der Waals surface area contributed by atoms with Crippen molar-refractivity contribution >= 4 is 28.3 Å². The number of aromatic amines is 2. The summed E-state index contributed by atoms with van der Waals surface area (Å²) in [5.41, 5.74) is 6.13. The number of halogens is 1.